The Hall–Kier alpha value is -1.15. The zero-order chi connectivity index (χ0) is 17.9. The van der Waals surface area contributed by atoms with E-state index in [0.717, 1.165) is 30.2 Å². The number of rotatable bonds is 5. The molecule has 1 aromatic heterocycles. The van der Waals surface area contributed by atoms with Crippen LogP contribution < -0.4 is 9.46 Å². The molecule has 5 nitrogen and oxygen atoms in total. The van der Waals surface area contributed by atoms with Crippen LogP contribution in [-0.2, 0) is 10.0 Å². The van der Waals surface area contributed by atoms with Crippen molar-refractivity contribution in [3.8, 4) is 5.88 Å². The fourth-order valence-corrected chi connectivity index (χ4v) is 4.48. The van der Waals surface area contributed by atoms with Gasteiger partial charge in [0.25, 0.3) is 0 Å². The van der Waals surface area contributed by atoms with Crippen molar-refractivity contribution >= 4 is 37.6 Å². The van der Waals surface area contributed by atoms with E-state index in [1.807, 2.05) is 0 Å². The molecule has 2 aromatic rings. The lowest BCUT2D eigenvalue weighted by Crippen LogP contribution is -2.39. The standard InChI is InChI=1S/C17H18BrClN2O3S/c18-12-1-8-16(9-2-12)25(22,23)21-14-4-6-15(7-5-14)24-17-10-3-13(19)11-20-17/h1-3,8-11,14-15,21H,4-7H2. The van der Waals surface area contributed by atoms with Crippen LogP contribution in [0.2, 0.25) is 5.02 Å². The first-order chi connectivity index (χ1) is 11.9. The van der Waals surface area contributed by atoms with Crippen molar-refractivity contribution in [1.29, 1.82) is 0 Å². The zero-order valence-electron chi connectivity index (χ0n) is 13.4. The highest BCUT2D eigenvalue weighted by atomic mass is 79.9. The summed E-state index contributed by atoms with van der Waals surface area (Å²) in [5.74, 6) is 0.545. The molecular weight excluding hydrogens is 428 g/mol. The van der Waals surface area contributed by atoms with E-state index < -0.39 is 10.0 Å². The lowest BCUT2D eigenvalue weighted by Gasteiger charge is -2.29. The quantitative estimate of drug-likeness (QED) is 0.750. The van der Waals surface area contributed by atoms with Crippen molar-refractivity contribution < 1.29 is 13.2 Å². The monoisotopic (exact) mass is 444 g/mol. The molecule has 0 spiro atoms. The normalized spacial score (nSPS) is 21.0. The highest BCUT2D eigenvalue weighted by Crippen LogP contribution is 2.25. The number of benzene rings is 1. The van der Waals surface area contributed by atoms with Crippen molar-refractivity contribution in [2.24, 2.45) is 0 Å². The van der Waals surface area contributed by atoms with Gasteiger partial charge in [0.2, 0.25) is 15.9 Å². The highest BCUT2D eigenvalue weighted by molar-refractivity contribution is 9.10. The SMILES string of the molecule is O=S(=O)(NC1CCC(Oc2ccc(Cl)cn2)CC1)c1ccc(Br)cc1. The summed E-state index contributed by atoms with van der Waals surface area (Å²) in [6.07, 6.45) is 4.61. The first kappa shape index (κ1) is 18.6. The second kappa shape index (κ2) is 8.03. The fourth-order valence-electron chi connectivity index (χ4n) is 2.80. The van der Waals surface area contributed by atoms with Crippen LogP contribution in [0.4, 0.5) is 0 Å². The molecule has 1 aliphatic carbocycles. The number of sulfonamides is 1. The average molecular weight is 446 g/mol. The topological polar surface area (TPSA) is 68.3 Å². The number of halogens is 2. The van der Waals surface area contributed by atoms with Gasteiger partial charge in [-0.3, -0.25) is 0 Å². The minimum atomic E-state index is -3.50. The number of ether oxygens (including phenoxy) is 1. The minimum Gasteiger partial charge on any atom is -0.474 e. The summed E-state index contributed by atoms with van der Waals surface area (Å²) in [5, 5.41) is 0.568. The minimum absolute atomic E-state index is 0.0436. The Morgan fingerprint density at radius 1 is 1.08 bits per heavy atom. The number of hydrogen-bond acceptors (Lipinski definition) is 4. The Labute approximate surface area is 160 Å². The molecule has 1 heterocycles. The van der Waals surface area contributed by atoms with E-state index in [1.165, 1.54) is 0 Å². The van der Waals surface area contributed by atoms with Crippen LogP contribution in [0.5, 0.6) is 5.88 Å². The first-order valence-corrected chi connectivity index (χ1v) is 10.6. The maximum atomic E-state index is 12.4. The largest absolute Gasteiger partial charge is 0.474 e. The van der Waals surface area contributed by atoms with E-state index in [0.29, 0.717) is 10.9 Å². The predicted molar refractivity (Wildman–Crippen MR) is 100 cm³/mol. The molecule has 1 aliphatic rings. The molecule has 134 valence electrons. The van der Waals surface area contributed by atoms with Gasteiger partial charge in [-0.2, -0.15) is 0 Å². The summed E-state index contributed by atoms with van der Waals surface area (Å²) in [4.78, 5) is 4.41. The van der Waals surface area contributed by atoms with Gasteiger partial charge >= 0.3 is 0 Å². The van der Waals surface area contributed by atoms with Crippen molar-refractivity contribution in [1.82, 2.24) is 9.71 Å². The third-order valence-corrected chi connectivity index (χ3v) is 6.40. The Kier molecular flexibility index (Phi) is 5.99. The molecular formula is C17H18BrClN2O3S. The second-order valence-electron chi connectivity index (χ2n) is 5.98. The lowest BCUT2D eigenvalue weighted by molar-refractivity contribution is 0.138. The molecule has 0 atom stereocenters. The average Bonchev–Trinajstić information content (AvgIpc) is 2.59. The Morgan fingerprint density at radius 3 is 2.36 bits per heavy atom. The second-order valence-corrected chi connectivity index (χ2v) is 9.05. The van der Waals surface area contributed by atoms with Gasteiger partial charge in [0.1, 0.15) is 6.10 Å². The third-order valence-electron chi connectivity index (χ3n) is 4.11. The van der Waals surface area contributed by atoms with Gasteiger partial charge in [-0.15, -0.1) is 0 Å². The Bertz CT molecular complexity index is 805. The van der Waals surface area contributed by atoms with Crippen LogP contribution in [0.15, 0.2) is 52.0 Å². The molecule has 1 saturated carbocycles. The van der Waals surface area contributed by atoms with Crippen molar-refractivity contribution in [2.45, 2.75) is 42.7 Å². The molecule has 0 aliphatic heterocycles. The van der Waals surface area contributed by atoms with E-state index in [9.17, 15) is 8.42 Å². The summed E-state index contributed by atoms with van der Waals surface area (Å²) in [5.41, 5.74) is 0. The fraction of sp³-hybridized carbons (Fsp3) is 0.353. The molecule has 1 fully saturated rings. The summed E-state index contributed by atoms with van der Waals surface area (Å²) in [7, 11) is -3.50. The van der Waals surface area contributed by atoms with Crippen LogP contribution in [0.25, 0.3) is 0 Å². The molecule has 0 saturated heterocycles. The maximum absolute atomic E-state index is 12.4. The van der Waals surface area contributed by atoms with E-state index in [1.54, 1.807) is 42.6 Å². The van der Waals surface area contributed by atoms with Gasteiger partial charge in [-0.05, 0) is 56.0 Å². The molecule has 8 heteroatoms. The maximum Gasteiger partial charge on any atom is 0.240 e. The molecule has 0 radical (unpaired) electrons. The Balaban J connectivity index is 1.53. The molecule has 3 rings (SSSR count). The summed E-state index contributed by atoms with van der Waals surface area (Å²) in [6.45, 7) is 0. The van der Waals surface area contributed by atoms with E-state index in [2.05, 4.69) is 25.6 Å². The van der Waals surface area contributed by atoms with E-state index in [4.69, 9.17) is 16.3 Å². The van der Waals surface area contributed by atoms with Crippen molar-refractivity contribution in [3.05, 3.63) is 52.1 Å². The van der Waals surface area contributed by atoms with Crippen LogP contribution in [-0.4, -0.2) is 25.5 Å². The molecule has 1 N–H and O–H groups in total. The summed E-state index contributed by atoms with van der Waals surface area (Å²) >= 11 is 9.12. The molecule has 0 unspecified atom stereocenters. The summed E-state index contributed by atoms with van der Waals surface area (Å²) < 4.78 is 34.3. The first-order valence-electron chi connectivity index (χ1n) is 7.98. The number of aromatic nitrogens is 1. The van der Waals surface area contributed by atoms with Gasteiger partial charge in [-0.1, -0.05) is 27.5 Å². The van der Waals surface area contributed by atoms with Crippen molar-refractivity contribution in [2.75, 3.05) is 0 Å². The van der Waals surface area contributed by atoms with Gasteiger partial charge in [0, 0.05) is 22.8 Å². The number of pyridine rings is 1. The number of nitrogens with zero attached hydrogens (tertiary/aromatic N) is 1. The zero-order valence-corrected chi connectivity index (χ0v) is 16.5. The van der Waals surface area contributed by atoms with E-state index >= 15 is 0 Å². The van der Waals surface area contributed by atoms with Crippen molar-refractivity contribution in [3.63, 3.8) is 0 Å². The number of hydrogen-bond donors (Lipinski definition) is 1. The third kappa shape index (κ3) is 5.17. The van der Waals surface area contributed by atoms with E-state index in [-0.39, 0.29) is 17.0 Å². The molecule has 0 amide bonds. The van der Waals surface area contributed by atoms with Crippen LogP contribution in [0, 0.1) is 0 Å². The smallest absolute Gasteiger partial charge is 0.240 e. The highest BCUT2D eigenvalue weighted by Gasteiger charge is 2.26. The van der Waals surface area contributed by atoms with Gasteiger partial charge in [-0.25, -0.2) is 18.1 Å². The molecule has 0 bridgehead atoms. The molecule has 25 heavy (non-hydrogen) atoms. The van der Waals surface area contributed by atoms with Gasteiger partial charge < -0.3 is 4.74 Å². The summed E-state index contributed by atoms with van der Waals surface area (Å²) in [6, 6.07) is 10.0. The van der Waals surface area contributed by atoms with Gasteiger partial charge in [0.15, 0.2) is 0 Å². The lowest BCUT2D eigenvalue weighted by atomic mass is 9.94. The van der Waals surface area contributed by atoms with Gasteiger partial charge in [0.05, 0.1) is 9.92 Å². The Morgan fingerprint density at radius 2 is 1.76 bits per heavy atom. The van der Waals surface area contributed by atoms with Crippen LogP contribution in [0.3, 0.4) is 0 Å². The van der Waals surface area contributed by atoms with Crippen LogP contribution >= 0.6 is 27.5 Å². The van der Waals surface area contributed by atoms with Crippen LogP contribution in [0.1, 0.15) is 25.7 Å². The predicted octanol–water partition coefficient (Wildman–Crippen LogP) is 4.17. The number of nitrogens with one attached hydrogen (secondary N) is 1. The molecule has 1 aromatic carbocycles.